The number of hydrogen-bond acceptors (Lipinski definition) is 7. The SMILES string of the molecule is C[C@]1(C(N)=O)COc2c1cc([C@@](O)(CNC(=O)c1ccc3[nH]c(N)nc3c1)C(F)(F)F)nc2-c1ccc(F)cc1. The number of rotatable bonds is 6. The van der Waals surface area contributed by atoms with Crippen LogP contribution in [0.25, 0.3) is 22.3 Å². The Hall–Kier alpha value is -4.72. The van der Waals surface area contributed by atoms with Gasteiger partial charge in [0, 0.05) is 16.7 Å². The van der Waals surface area contributed by atoms with E-state index in [9.17, 15) is 32.3 Å². The maximum atomic E-state index is 14.5. The van der Waals surface area contributed by atoms with Crippen molar-refractivity contribution in [3.8, 4) is 17.0 Å². The van der Waals surface area contributed by atoms with E-state index in [1.807, 2.05) is 0 Å². The van der Waals surface area contributed by atoms with E-state index in [0.29, 0.717) is 11.0 Å². The molecular weight excluding hydrogens is 536 g/mol. The molecule has 2 aromatic carbocycles. The number of imidazole rings is 1. The Morgan fingerprint density at radius 3 is 2.50 bits per heavy atom. The van der Waals surface area contributed by atoms with Gasteiger partial charge in [0.15, 0.2) is 5.95 Å². The number of anilines is 1. The zero-order chi connectivity index (χ0) is 29.0. The highest BCUT2D eigenvalue weighted by molar-refractivity contribution is 5.97. The van der Waals surface area contributed by atoms with E-state index in [2.05, 4.69) is 20.3 Å². The molecule has 4 aromatic rings. The number of fused-ring (bicyclic) bond motifs is 2. The number of carbonyl (C=O) groups excluding carboxylic acids is 2. The second-order valence-corrected chi connectivity index (χ2v) is 9.62. The van der Waals surface area contributed by atoms with Crippen molar-refractivity contribution >= 4 is 28.8 Å². The number of primary amides is 1. The number of aliphatic hydroxyl groups is 1. The molecule has 0 aliphatic carbocycles. The highest BCUT2D eigenvalue weighted by atomic mass is 19.4. The van der Waals surface area contributed by atoms with Gasteiger partial charge >= 0.3 is 6.18 Å². The number of benzene rings is 2. The third kappa shape index (κ3) is 4.35. The molecule has 5 rings (SSSR count). The van der Waals surface area contributed by atoms with E-state index in [0.717, 1.165) is 18.2 Å². The van der Waals surface area contributed by atoms with E-state index in [-0.39, 0.29) is 40.7 Å². The predicted octanol–water partition coefficient (Wildman–Crippen LogP) is 2.66. The number of ether oxygens (including phenoxy) is 1. The Morgan fingerprint density at radius 2 is 1.85 bits per heavy atom. The van der Waals surface area contributed by atoms with Crippen LogP contribution in [0, 0.1) is 5.82 Å². The summed E-state index contributed by atoms with van der Waals surface area (Å²) in [6.45, 7) is -0.247. The van der Waals surface area contributed by atoms with Crippen molar-refractivity contribution in [3.05, 3.63) is 71.2 Å². The number of H-pyrrole nitrogens is 1. The van der Waals surface area contributed by atoms with Gasteiger partial charge in [0.1, 0.15) is 29.3 Å². The molecule has 14 heteroatoms. The number of alkyl halides is 3. The van der Waals surface area contributed by atoms with Crippen LogP contribution in [-0.2, 0) is 15.8 Å². The van der Waals surface area contributed by atoms with Gasteiger partial charge in [-0.15, -0.1) is 0 Å². The van der Waals surface area contributed by atoms with Crippen LogP contribution in [0.1, 0.15) is 28.5 Å². The molecule has 1 aliphatic rings. The van der Waals surface area contributed by atoms with Crippen LogP contribution in [0.2, 0.25) is 0 Å². The van der Waals surface area contributed by atoms with Crippen LogP contribution >= 0.6 is 0 Å². The van der Waals surface area contributed by atoms with Crippen LogP contribution in [0.3, 0.4) is 0 Å². The average Bonchev–Trinajstić information content (AvgIpc) is 3.45. The quantitative estimate of drug-likeness (QED) is 0.227. The molecule has 0 fully saturated rings. The van der Waals surface area contributed by atoms with Gasteiger partial charge in [-0.1, -0.05) is 0 Å². The number of halogens is 4. The molecule has 208 valence electrons. The number of pyridine rings is 1. The van der Waals surface area contributed by atoms with E-state index in [1.165, 1.54) is 37.3 Å². The maximum Gasteiger partial charge on any atom is 0.424 e. The summed E-state index contributed by atoms with van der Waals surface area (Å²) in [5.41, 5.74) is 5.69. The number of nitrogens with two attached hydrogens (primary N) is 2. The monoisotopic (exact) mass is 558 g/mol. The van der Waals surface area contributed by atoms with E-state index in [4.69, 9.17) is 16.2 Å². The van der Waals surface area contributed by atoms with Crippen molar-refractivity contribution in [1.82, 2.24) is 20.3 Å². The lowest BCUT2D eigenvalue weighted by atomic mass is 9.81. The summed E-state index contributed by atoms with van der Waals surface area (Å²) in [5, 5.41) is 13.2. The molecule has 2 aromatic heterocycles. The lowest BCUT2D eigenvalue weighted by Gasteiger charge is -2.31. The molecule has 2 amide bonds. The Balaban J connectivity index is 1.58. The number of nitrogens with one attached hydrogen (secondary N) is 2. The summed E-state index contributed by atoms with van der Waals surface area (Å²) in [7, 11) is 0. The molecule has 40 heavy (non-hydrogen) atoms. The molecule has 2 atom stereocenters. The largest absolute Gasteiger partial charge is 0.489 e. The Bertz CT molecular complexity index is 1660. The summed E-state index contributed by atoms with van der Waals surface area (Å²) in [5.74, 6) is -2.37. The van der Waals surface area contributed by atoms with Crippen molar-refractivity contribution in [3.63, 3.8) is 0 Å². The fourth-order valence-corrected chi connectivity index (χ4v) is 4.42. The number of carbonyl (C=O) groups is 2. The molecule has 1 aliphatic heterocycles. The molecule has 0 radical (unpaired) electrons. The second-order valence-electron chi connectivity index (χ2n) is 9.62. The van der Waals surface area contributed by atoms with Crippen molar-refractivity contribution in [2.24, 2.45) is 5.73 Å². The standard InChI is InChI=1S/C26H22F4N6O4/c1-24(22(31)38)11-40-20-15(24)9-18(36-19(20)12-2-5-14(27)6-3-12)25(39,26(28,29)30)10-33-21(37)13-4-7-16-17(8-13)35-23(32)34-16/h2-9,39H,10-11H2,1H3,(H2,31,38)(H,33,37)(H3,32,34,35)/t24-,25-/m0/s1. The lowest BCUT2D eigenvalue weighted by Crippen LogP contribution is -2.51. The van der Waals surface area contributed by atoms with E-state index < -0.39 is 47.1 Å². The second kappa shape index (κ2) is 9.19. The van der Waals surface area contributed by atoms with Crippen LogP contribution in [0.5, 0.6) is 5.75 Å². The van der Waals surface area contributed by atoms with Crippen molar-refractivity contribution in [1.29, 1.82) is 0 Å². The number of aromatic amines is 1. The van der Waals surface area contributed by atoms with Gasteiger partial charge in [-0.05, 0) is 55.5 Å². The Labute approximate surface area is 223 Å². The third-order valence-electron chi connectivity index (χ3n) is 6.90. The number of amides is 2. The first-order valence-corrected chi connectivity index (χ1v) is 11.8. The van der Waals surface area contributed by atoms with Gasteiger partial charge < -0.3 is 31.6 Å². The molecule has 0 saturated carbocycles. The van der Waals surface area contributed by atoms with Gasteiger partial charge in [-0.3, -0.25) is 9.59 Å². The first-order valence-electron chi connectivity index (χ1n) is 11.8. The van der Waals surface area contributed by atoms with Gasteiger partial charge in [-0.2, -0.15) is 13.2 Å². The third-order valence-corrected chi connectivity index (χ3v) is 6.90. The van der Waals surface area contributed by atoms with Gasteiger partial charge in [0.25, 0.3) is 5.91 Å². The van der Waals surface area contributed by atoms with Gasteiger partial charge in [-0.25, -0.2) is 14.4 Å². The van der Waals surface area contributed by atoms with Crippen molar-refractivity contribution < 1.29 is 37.0 Å². The first kappa shape index (κ1) is 26.9. The fourth-order valence-electron chi connectivity index (χ4n) is 4.42. The first-order chi connectivity index (χ1) is 18.7. The summed E-state index contributed by atoms with van der Waals surface area (Å²) in [4.78, 5) is 35.9. The summed E-state index contributed by atoms with van der Waals surface area (Å²) in [6.07, 6.45) is -5.34. The maximum absolute atomic E-state index is 14.5. The topological polar surface area (TPSA) is 169 Å². The number of nitrogens with zero attached hydrogens (tertiary/aromatic N) is 2. The van der Waals surface area contributed by atoms with Crippen LogP contribution in [0.4, 0.5) is 23.5 Å². The van der Waals surface area contributed by atoms with Crippen molar-refractivity contribution in [2.45, 2.75) is 24.1 Å². The number of nitrogen functional groups attached to an aromatic ring is 1. The molecule has 7 N–H and O–H groups in total. The smallest absolute Gasteiger partial charge is 0.424 e. The number of hydrogen-bond donors (Lipinski definition) is 5. The van der Waals surface area contributed by atoms with Gasteiger partial charge in [0.05, 0.1) is 23.3 Å². The highest BCUT2D eigenvalue weighted by Crippen LogP contribution is 2.47. The fraction of sp³-hybridized carbons (Fsp3) is 0.231. The molecule has 0 saturated heterocycles. The molecular formula is C26H22F4N6O4. The predicted molar refractivity (Wildman–Crippen MR) is 134 cm³/mol. The van der Waals surface area contributed by atoms with Crippen LogP contribution in [-0.4, -0.2) is 51.2 Å². The Morgan fingerprint density at radius 1 is 1.15 bits per heavy atom. The van der Waals surface area contributed by atoms with Gasteiger partial charge in [0.2, 0.25) is 11.5 Å². The highest BCUT2D eigenvalue weighted by Gasteiger charge is 2.57. The number of aromatic nitrogens is 3. The minimum Gasteiger partial charge on any atom is -0.489 e. The molecule has 0 spiro atoms. The van der Waals surface area contributed by atoms with Crippen LogP contribution < -0.4 is 21.5 Å². The van der Waals surface area contributed by atoms with E-state index >= 15 is 0 Å². The normalized spacial score (nSPS) is 18.1. The zero-order valence-corrected chi connectivity index (χ0v) is 20.8. The minimum atomic E-state index is -5.34. The summed E-state index contributed by atoms with van der Waals surface area (Å²) in [6, 6.07) is 9.69. The average molecular weight is 558 g/mol. The van der Waals surface area contributed by atoms with Crippen LogP contribution in [0.15, 0.2) is 48.5 Å². The molecule has 0 bridgehead atoms. The lowest BCUT2D eigenvalue weighted by molar-refractivity contribution is -0.265. The minimum absolute atomic E-state index is 0.0307. The Kier molecular flexibility index (Phi) is 6.17. The summed E-state index contributed by atoms with van der Waals surface area (Å²) < 4.78 is 62.7. The summed E-state index contributed by atoms with van der Waals surface area (Å²) >= 11 is 0. The zero-order valence-electron chi connectivity index (χ0n) is 20.8. The van der Waals surface area contributed by atoms with Crippen molar-refractivity contribution in [2.75, 3.05) is 18.9 Å². The van der Waals surface area contributed by atoms with E-state index in [1.54, 1.807) is 0 Å². The molecule has 3 heterocycles. The molecule has 10 nitrogen and oxygen atoms in total. The molecule has 0 unspecified atom stereocenters.